The van der Waals surface area contributed by atoms with Crippen molar-refractivity contribution < 1.29 is 4.42 Å². The van der Waals surface area contributed by atoms with E-state index >= 15 is 0 Å². The van der Waals surface area contributed by atoms with Gasteiger partial charge in [0.2, 0.25) is 0 Å². The van der Waals surface area contributed by atoms with Crippen LogP contribution in [-0.4, -0.2) is 15.0 Å². The van der Waals surface area contributed by atoms with Gasteiger partial charge in [-0.2, -0.15) is 0 Å². The summed E-state index contributed by atoms with van der Waals surface area (Å²) >= 11 is 0. The molecule has 4 aromatic carbocycles. The molecule has 1 unspecified atom stereocenters. The highest BCUT2D eigenvalue weighted by Gasteiger charge is 2.22. The highest BCUT2D eigenvalue weighted by atomic mass is 16.3. The van der Waals surface area contributed by atoms with Crippen molar-refractivity contribution in [1.29, 1.82) is 0 Å². The highest BCUT2D eigenvalue weighted by Crippen LogP contribution is 2.33. The van der Waals surface area contributed by atoms with Crippen LogP contribution in [0.4, 0.5) is 0 Å². The minimum atomic E-state index is 0.102. The Morgan fingerprint density at radius 1 is 0.622 bits per heavy atom. The fourth-order valence-electron chi connectivity index (χ4n) is 7.14. The maximum Gasteiger partial charge on any atom is 0.163 e. The van der Waals surface area contributed by atoms with Gasteiger partial charge < -0.3 is 4.42 Å². The molecule has 216 valence electrons. The fourth-order valence-corrected chi connectivity index (χ4v) is 7.14. The molecular weight excluding hydrogens is 550 g/mol. The molecule has 0 radical (unpaired) electrons. The van der Waals surface area contributed by atoms with Crippen molar-refractivity contribution in [3.63, 3.8) is 0 Å². The summed E-state index contributed by atoms with van der Waals surface area (Å²) in [4.78, 5) is 15.5. The molecule has 0 N–H and O–H groups in total. The van der Waals surface area contributed by atoms with Crippen LogP contribution >= 0.6 is 0 Å². The van der Waals surface area contributed by atoms with Crippen molar-refractivity contribution in [3.8, 4) is 0 Å². The second-order valence-electron chi connectivity index (χ2n) is 12.1. The quantitative estimate of drug-likeness (QED) is 0.240. The molecule has 0 aliphatic heterocycles. The molecule has 2 heterocycles. The lowest BCUT2D eigenvalue weighted by Crippen LogP contribution is -2.33. The van der Waals surface area contributed by atoms with E-state index < -0.39 is 0 Å². The monoisotopic (exact) mass is 581 g/mol. The fraction of sp³-hybridized carbons (Fsp3) is 0.146. The summed E-state index contributed by atoms with van der Waals surface area (Å²) in [5.74, 6) is 2.51. The van der Waals surface area contributed by atoms with Crippen LogP contribution in [0.15, 0.2) is 114 Å². The number of benzene rings is 4. The summed E-state index contributed by atoms with van der Waals surface area (Å²) in [5.41, 5.74) is 6.66. The van der Waals surface area contributed by atoms with Crippen LogP contribution in [0.25, 0.3) is 50.8 Å². The maximum absolute atomic E-state index is 6.26. The minimum absolute atomic E-state index is 0.102. The third-order valence-electron chi connectivity index (χ3n) is 9.41. The summed E-state index contributed by atoms with van der Waals surface area (Å²) < 4.78 is 6.26. The van der Waals surface area contributed by atoms with E-state index in [0.29, 0.717) is 0 Å². The van der Waals surface area contributed by atoms with E-state index in [0.717, 1.165) is 77.1 Å². The molecular formula is C41H31N3O. The number of hydrogen-bond acceptors (Lipinski definition) is 4. The van der Waals surface area contributed by atoms with E-state index in [1.165, 1.54) is 37.6 Å². The van der Waals surface area contributed by atoms with Crippen LogP contribution < -0.4 is 20.9 Å². The maximum atomic E-state index is 6.26. The van der Waals surface area contributed by atoms with Crippen molar-refractivity contribution >= 4 is 50.8 Å². The molecule has 0 spiro atoms. The topological polar surface area (TPSA) is 51.8 Å². The van der Waals surface area contributed by atoms with E-state index in [1.54, 1.807) is 0 Å². The second kappa shape index (κ2) is 10.7. The molecule has 4 heteroatoms. The number of rotatable bonds is 4. The zero-order valence-electron chi connectivity index (χ0n) is 24.9. The third kappa shape index (κ3) is 4.56. The lowest BCUT2D eigenvalue weighted by Gasteiger charge is -2.19. The van der Waals surface area contributed by atoms with Crippen molar-refractivity contribution in [3.05, 3.63) is 153 Å². The van der Waals surface area contributed by atoms with Gasteiger partial charge in [-0.05, 0) is 82.3 Å². The molecule has 1 atom stereocenters. The normalized spacial score (nSPS) is 17.4. The summed E-state index contributed by atoms with van der Waals surface area (Å²) in [6.45, 7) is 0. The Labute approximate surface area is 260 Å². The molecule has 9 rings (SSSR count). The summed E-state index contributed by atoms with van der Waals surface area (Å²) in [6, 6.07) is 32.2. The van der Waals surface area contributed by atoms with Crippen molar-refractivity contribution in [2.24, 2.45) is 0 Å². The van der Waals surface area contributed by atoms with Crippen molar-refractivity contribution in [2.75, 3.05) is 0 Å². The Bertz CT molecular complexity index is 2480. The van der Waals surface area contributed by atoms with E-state index in [4.69, 9.17) is 19.4 Å². The van der Waals surface area contributed by atoms with Crippen molar-refractivity contribution in [2.45, 2.75) is 38.0 Å². The van der Waals surface area contributed by atoms with Gasteiger partial charge in [0, 0.05) is 27.8 Å². The zero-order chi connectivity index (χ0) is 29.7. The first-order valence-electron chi connectivity index (χ1n) is 15.9. The molecule has 4 nitrogen and oxygen atoms in total. The SMILES string of the molecule is C1=CC(c2nc(C3=c4ccccc4=C(c4ccc5c(c4)oc4ccccc45)CC3)nc(C3C=c4ccccc4=CC3)n2)=CCC1. The molecule has 0 saturated carbocycles. The molecule has 0 fully saturated rings. The predicted octanol–water partition coefficient (Wildman–Crippen LogP) is 6.44. The van der Waals surface area contributed by atoms with E-state index in [-0.39, 0.29) is 5.92 Å². The number of allylic oxidation sites excluding steroid dienone is 4. The van der Waals surface area contributed by atoms with Crippen LogP contribution in [0, 0.1) is 0 Å². The number of hydrogen-bond donors (Lipinski definition) is 0. The molecule has 0 saturated heterocycles. The van der Waals surface area contributed by atoms with Crippen LogP contribution in [-0.2, 0) is 0 Å². The Kier molecular flexibility index (Phi) is 6.19. The van der Waals surface area contributed by atoms with Crippen LogP contribution in [0.1, 0.15) is 61.1 Å². The molecule has 3 aliphatic carbocycles. The van der Waals surface area contributed by atoms with Gasteiger partial charge in [0.15, 0.2) is 11.6 Å². The van der Waals surface area contributed by atoms with E-state index in [1.807, 2.05) is 12.1 Å². The Morgan fingerprint density at radius 3 is 2.27 bits per heavy atom. The highest BCUT2D eigenvalue weighted by molar-refractivity contribution is 6.05. The average molecular weight is 582 g/mol. The lowest BCUT2D eigenvalue weighted by molar-refractivity contribution is 0.668. The molecule has 0 bridgehead atoms. The van der Waals surface area contributed by atoms with Gasteiger partial charge in [0.1, 0.15) is 17.0 Å². The van der Waals surface area contributed by atoms with E-state index in [9.17, 15) is 0 Å². The Hall–Kier alpha value is -5.35. The second-order valence-corrected chi connectivity index (χ2v) is 12.1. The Morgan fingerprint density at radius 2 is 1.38 bits per heavy atom. The van der Waals surface area contributed by atoms with Crippen LogP contribution in [0.3, 0.4) is 0 Å². The predicted molar refractivity (Wildman–Crippen MR) is 182 cm³/mol. The van der Waals surface area contributed by atoms with Gasteiger partial charge in [-0.1, -0.05) is 103 Å². The summed E-state index contributed by atoms with van der Waals surface area (Å²) in [5, 5.41) is 7.27. The zero-order valence-corrected chi connectivity index (χ0v) is 24.9. The van der Waals surface area contributed by atoms with Gasteiger partial charge in [0.25, 0.3) is 0 Å². The first-order valence-corrected chi connectivity index (χ1v) is 15.9. The van der Waals surface area contributed by atoms with E-state index in [2.05, 4.69) is 109 Å². The number of para-hydroxylation sites is 1. The summed E-state index contributed by atoms with van der Waals surface area (Å²) in [6.07, 6.45) is 16.0. The third-order valence-corrected chi connectivity index (χ3v) is 9.41. The number of fused-ring (bicyclic) bond motifs is 5. The van der Waals surface area contributed by atoms with Crippen molar-refractivity contribution in [1.82, 2.24) is 15.0 Å². The smallest absolute Gasteiger partial charge is 0.163 e. The standard InChI is InChI=1S/C41H31N3O/c1-2-11-27(12-3-1)39-42-40(30-19-18-26-10-4-5-13-28(26)24-30)44-41(43-39)36-23-22-31(32-14-6-7-15-33(32)36)29-20-21-35-34-16-8-9-17-37(34)45-38(35)25-29/h2,4-18,20-21,24-25,30H,1,3,19,22-23H2. The van der Waals surface area contributed by atoms with Gasteiger partial charge in [-0.15, -0.1) is 0 Å². The number of nitrogens with zero attached hydrogens (tertiary/aromatic N) is 3. The van der Waals surface area contributed by atoms with Gasteiger partial charge in [-0.3, -0.25) is 0 Å². The first-order chi connectivity index (χ1) is 22.3. The molecule has 0 amide bonds. The molecule has 3 aliphatic rings. The van der Waals surface area contributed by atoms with Gasteiger partial charge >= 0.3 is 0 Å². The average Bonchev–Trinajstić information content (AvgIpc) is 3.49. The first kappa shape index (κ1) is 26.1. The number of furan rings is 1. The van der Waals surface area contributed by atoms with Gasteiger partial charge in [0.05, 0.1) is 0 Å². The molecule has 2 aromatic heterocycles. The Balaban J connectivity index is 1.23. The molecule has 45 heavy (non-hydrogen) atoms. The lowest BCUT2D eigenvalue weighted by atomic mass is 9.88. The van der Waals surface area contributed by atoms with Crippen LogP contribution in [0.2, 0.25) is 0 Å². The summed E-state index contributed by atoms with van der Waals surface area (Å²) in [7, 11) is 0. The molecule has 6 aromatic rings. The van der Waals surface area contributed by atoms with Gasteiger partial charge in [-0.25, -0.2) is 15.0 Å². The number of aromatic nitrogens is 3. The minimum Gasteiger partial charge on any atom is -0.456 e. The largest absolute Gasteiger partial charge is 0.456 e. The van der Waals surface area contributed by atoms with Crippen LogP contribution in [0.5, 0.6) is 0 Å².